The van der Waals surface area contributed by atoms with Gasteiger partial charge in [0.15, 0.2) is 6.61 Å². The second-order valence-electron chi connectivity index (χ2n) is 6.71. The van der Waals surface area contributed by atoms with Crippen LogP contribution in [0.15, 0.2) is 18.2 Å². The Morgan fingerprint density at radius 2 is 2.19 bits per heavy atom. The van der Waals surface area contributed by atoms with Gasteiger partial charge in [0.25, 0.3) is 5.91 Å². The van der Waals surface area contributed by atoms with Gasteiger partial charge in [-0.15, -0.1) is 11.8 Å². The van der Waals surface area contributed by atoms with Gasteiger partial charge < -0.3 is 15.0 Å². The van der Waals surface area contributed by atoms with Crippen LogP contribution in [0.2, 0.25) is 10.0 Å². The number of hydrogen-bond acceptors (Lipinski definition) is 5. The molecule has 0 bridgehead atoms. The lowest BCUT2D eigenvalue weighted by atomic mass is 10.1. The molecule has 3 rings (SSSR count). The molecule has 1 aromatic rings. The Labute approximate surface area is 171 Å². The number of benzene rings is 1. The van der Waals surface area contributed by atoms with Crippen molar-refractivity contribution < 1.29 is 19.1 Å². The number of rotatable bonds is 6. The number of esters is 1. The first-order valence-electron chi connectivity index (χ1n) is 8.63. The largest absolute Gasteiger partial charge is 0.454 e. The van der Waals surface area contributed by atoms with Crippen molar-refractivity contribution in [2.75, 3.05) is 18.9 Å². The van der Waals surface area contributed by atoms with E-state index in [-0.39, 0.29) is 17.4 Å². The smallest absolute Gasteiger partial charge is 0.330 e. The molecule has 2 aliphatic heterocycles. The molecule has 2 fully saturated rings. The Kier molecular flexibility index (Phi) is 6.23. The minimum absolute atomic E-state index is 0.0336. The van der Waals surface area contributed by atoms with Crippen LogP contribution < -0.4 is 5.32 Å². The summed E-state index contributed by atoms with van der Waals surface area (Å²) in [6, 6.07) is 4.57. The second kappa shape index (κ2) is 8.29. The number of carbonyl (C=O) groups is 3. The molecule has 9 heteroatoms. The summed E-state index contributed by atoms with van der Waals surface area (Å²) >= 11 is 13.5. The Hall–Kier alpha value is -1.44. The molecule has 1 N–H and O–H groups in total. The third-order valence-corrected chi connectivity index (χ3v) is 6.89. The quantitative estimate of drug-likeness (QED) is 0.701. The summed E-state index contributed by atoms with van der Waals surface area (Å²) in [7, 11) is 0. The topological polar surface area (TPSA) is 75.7 Å². The molecule has 2 unspecified atom stereocenters. The van der Waals surface area contributed by atoms with Crippen molar-refractivity contribution in [1.82, 2.24) is 10.2 Å². The number of amides is 2. The first-order valence-corrected chi connectivity index (χ1v) is 10.4. The van der Waals surface area contributed by atoms with Crippen LogP contribution in [0, 0.1) is 0 Å². The molecular weight excluding hydrogens is 411 g/mol. The Morgan fingerprint density at radius 3 is 2.93 bits per heavy atom. The second-order valence-corrected chi connectivity index (χ2v) is 9.05. The average Bonchev–Trinajstić information content (AvgIpc) is 3.11. The summed E-state index contributed by atoms with van der Waals surface area (Å²) in [5.74, 6) is -0.460. The maximum absolute atomic E-state index is 12.3. The molecule has 0 saturated carbocycles. The van der Waals surface area contributed by atoms with Crippen LogP contribution in [0.5, 0.6) is 0 Å². The monoisotopic (exact) mass is 430 g/mol. The van der Waals surface area contributed by atoms with Crippen molar-refractivity contribution >= 4 is 52.7 Å². The predicted octanol–water partition coefficient (Wildman–Crippen LogP) is 2.65. The molecule has 146 valence electrons. The van der Waals surface area contributed by atoms with E-state index in [1.807, 2.05) is 6.92 Å². The lowest BCUT2D eigenvalue weighted by Crippen LogP contribution is -2.47. The van der Waals surface area contributed by atoms with Gasteiger partial charge in [-0.2, -0.15) is 0 Å². The van der Waals surface area contributed by atoms with Gasteiger partial charge in [-0.05, 0) is 37.5 Å². The van der Waals surface area contributed by atoms with Crippen molar-refractivity contribution in [3.8, 4) is 0 Å². The van der Waals surface area contributed by atoms with Crippen molar-refractivity contribution in [3.63, 3.8) is 0 Å². The molecule has 27 heavy (non-hydrogen) atoms. The minimum atomic E-state index is -0.615. The number of ether oxygens (including phenoxy) is 1. The zero-order chi connectivity index (χ0) is 19.6. The highest BCUT2D eigenvalue weighted by Crippen LogP contribution is 2.47. The summed E-state index contributed by atoms with van der Waals surface area (Å²) in [5.41, 5.74) is 0.869. The van der Waals surface area contributed by atoms with Crippen LogP contribution in [-0.2, 0) is 25.5 Å². The summed E-state index contributed by atoms with van der Waals surface area (Å²) in [5, 5.41) is 3.78. The highest BCUT2D eigenvalue weighted by Gasteiger charge is 2.53. The van der Waals surface area contributed by atoms with Crippen LogP contribution in [0.4, 0.5) is 0 Å². The first kappa shape index (κ1) is 20.3. The van der Waals surface area contributed by atoms with E-state index in [0.29, 0.717) is 35.2 Å². The maximum atomic E-state index is 12.3. The van der Waals surface area contributed by atoms with Crippen molar-refractivity contribution in [2.45, 2.75) is 37.1 Å². The third-order valence-electron chi connectivity index (χ3n) is 4.79. The number of thioether (sulfide) groups is 1. The van der Waals surface area contributed by atoms with Gasteiger partial charge in [-0.1, -0.05) is 29.3 Å². The van der Waals surface area contributed by atoms with Gasteiger partial charge in [-0.3, -0.25) is 9.59 Å². The minimum Gasteiger partial charge on any atom is -0.454 e. The molecule has 2 heterocycles. The summed E-state index contributed by atoms with van der Waals surface area (Å²) in [6.45, 7) is 1.96. The van der Waals surface area contributed by atoms with Crippen molar-refractivity contribution in [3.05, 3.63) is 33.8 Å². The lowest BCUT2D eigenvalue weighted by Gasteiger charge is -2.29. The van der Waals surface area contributed by atoms with E-state index in [1.165, 1.54) is 0 Å². The maximum Gasteiger partial charge on any atom is 0.330 e. The number of carbonyl (C=O) groups excluding carboxylic acids is 3. The molecule has 0 aromatic heterocycles. The van der Waals surface area contributed by atoms with Gasteiger partial charge in [0.2, 0.25) is 5.91 Å². The van der Waals surface area contributed by atoms with Crippen LogP contribution in [-0.4, -0.2) is 52.5 Å². The summed E-state index contributed by atoms with van der Waals surface area (Å²) < 4.78 is 5.13. The highest BCUT2D eigenvalue weighted by atomic mass is 35.5. The number of fused-ring (bicyclic) bond motifs is 1. The molecule has 0 spiro atoms. The fourth-order valence-corrected chi connectivity index (χ4v) is 5.26. The molecule has 2 aliphatic rings. The molecule has 2 atom stereocenters. The zero-order valence-corrected chi connectivity index (χ0v) is 17.1. The normalized spacial score (nSPS) is 24.0. The Balaban J connectivity index is 1.43. The van der Waals surface area contributed by atoms with Gasteiger partial charge in [0.1, 0.15) is 6.04 Å². The van der Waals surface area contributed by atoms with Gasteiger partial charge >= 0.3 is 5.97 Å². The number of nitrogens with zero attached hydrogens (tertiary/aromatic N) is 1. The first-order chi connectivity index (χ1) is 12.8. The molecule has 1 aromatic carbocycles. The van der Waals surface area contributed by atoms with E-state index in [1.54, 1.807) is 34.9 Å². The Morgan fingerprint density at radius 1 is 1.41 bits per heavy atom. The summed E-state index contributed by atoms with van der Waals surface area (Å²) in [4.78, 5) is 37.6. The standard InChI is InChI=1S/C18H20Cl2N2O4S/c1-18-6-4-16(24)22(18)14(10-27-18)17(25)26-9-15(23)21-7-5-11-2-3-12(19)8-13(11)20/h2-3,8,14H,4-7,9-10H2,1H3,(H,21,23). The van der Waals surface area contributed by atoms with Crippen LogP contribution in [0.25, 0.3) is 0 Å². The molecule has 6 nitrogen and oxygen atoms in total. The van der Waals surface area contributed by atoms with E-state index >= 15 is 0 Å². The predicted molar refractivity (Wildman–Crippen MR) is 105 cm³/mol. The van der Waals surface area contributed by atoms with Crippen LogP contribution >= 0.6 is 35.0 Å². The lowest BCUT2D eigenvalue weighted by molar-refractivity contribution is -0.156. The van der Waals surface area contributed by atoms with Gasteiger partial charge in [0, 0.05) is 28.8 Å². The molecule has 0 aliphatic carbocycles. The van der Waals surface area contributed by atoms with Crippen LogP contribution in [0.1, 0.15) is 25.3 Å². The van der Waals surface area contributed by atoms with Crippen LogP contribution in [0.3, 0.4) is 0 Å². The SMILES string of the molecule is CC12CCC(=O)N1C(C(=O)OCC(=O)NCCc1ccc(Cl)cc1Cl)CS2. The fourth-order valence-electron chi connectivity index (χ4n) is 3.34. The number of hydrogen-bond donors (Lipinski definition) is 1. The highest BCUT2D eigenvalue weighted by molar-refractivity contribution is 8.01. The Bertz CT molecular complexity index is 776. The molecule has 2 saturated heterocycles. The number of nitrogens with one attached hydrogen (secondary N) is 1. The zero-order valence-electron chi connectivity index (χ0n) is 14.8. The van der Waals surface area contributed by atoms with Crippen molar-refractivity contribution in [1.29, 1.82) is 0 Å². The van der Waals surface area contributed by atoms with Gasteiger partial charge in [-0.25, -0.2) is 4.79 Å². The molecule has 2 amide bonds. The average molecular weight is 431 g/mol. The van der Waals surface area contributed by atoms with E-state index in [0.717, 1.165) is 12.0 Å². The number of halogens is 2. The molecule has 0 radical (unpaired) electrons. The van der Waals surface area contributed by atoms with E-state index in [9.17, 15) is 14.4 Å². The van der Waals surface area contributed by atoms with Crippen molar-refractivity contribution in [2.24, 2.45) is 0 Å². The fraction of sp³-hybridized carbons (Fsp3) is 0.500. The van der Waals surface area contributed by atoms with E-state index < -0.39 is 17.9 Å². The molecular formula is C18H20Cl2N2O4S. The summed E-state index contributed by atoms with van der Waals surface area (Å²) in [6.07, 6.45) is 1.71. The third kappa shape index (κ3) is 4.52. The van der Waals surface area contributed by atoms with E-state index in [4.69, 9.17) is 27.9 Å². The van der Waals surface area contributed by atoms with Gasteiger partial charge in [0.05, 0.1) is 4.87 Å². The van der Waals surface area contributed by atoms with E-state index in [2.05, 4.69) is 5.32 Å².